The van der Waals surface area contributed by atoms with Gasteiger partial charge < -0.3 is 14.4 Å². The number of nitrogens with zero attached hydrogens (tertiary/aromatic N) is 3. The number of hydrogen-bond donors (Lipinski definition) is 1. The fourth-order valence-electron chi connectivity index (χ4n) is 3.49. The van der Waals surface area contributed by atoms with Crippen LogP contribution in [-0.4, -0.2) is 51.0 Å². The summed E-state index contributed by atoms with van der Waals surface area (Å²) in [6.45, 7) is 2.59. The average molecular weight is 347 g/mol. The van der Waals surface area contributed by atoms with Gasteiger partial charge in [-0.15, -0.1) is 10.2 Å². The molecule has 1 atom stereocenters. The molecule has 2 aliphatic rings. The molecule has 1 aliphatic heterocycles. The number of rotatable bonds is 3. The first-order valence-corrected chi connectivity index (χ1v) is 7.97. The highest BCUT2D eigenvalue weighted by Gasteiger charge is 2.59. The first-order valence-electron chi connectivity index (χ1n) is 7.97. The molecule has 1 amide bonds. The van der Waals surface area contributed by atoms with Gasteiger partial charge in [0.2, 0.25) is 17.4 Å². The first-order chi connectivity index (χ1) is 11.1. The molecule has 1 unspecified atom stereocenters. The van der Waals surface area contributed by atoms with Gasteiger partial charge in [-0.25, -0.2) is 0 Å². The molecular formula is C15H20F3N3O3. The summed E-state index contributed by atoms with van der Waals surface area (Å²) in [4.78, 5) is 13.1. The summed E-state index contributed by atoms with van der Waals surface area (Å²) >= 11 is 0. The highest BCUT2D eigenvalue weighted by molar-refractivity contribution is 5.85. The van der Waals surface area contributed by atoms with E-state index in [2.05, 4.69) is 10.2 Å². The van der Waals surface area contributed by atoms with Crippen LogP contribution >= 0.6 is 0 Å². The second-order valence-electron chi connectivity index (χ2n) is 6.92. The van der Waals surface area contributed by atoms with E-state index < -0.39 is 17.7 Å². The Hall–Kier alpha value is -1.64. The zero-order chi connectivity index (χ0) is 17.8. The van der Waals surface area contributed by atoms with Gasteiger partial charge in [0.15, 0.2) is 0 Å². The van der Waals surface area contributed by atoms with Crippen molar-refractivity contribution < 1.29 is 27.5 Å². The van der Waals surface area contributed by atoms with Crippen molar-refractivity contribution >= 4 is 5.91 Å². The fraction of sp³-hybridized carbons (Fsp3) is 0.800. The van der Waals surface area contributed by atoms with Crippen molar-refractivity contribution in [3.8, 4) is 0 Å². The van der Waals surface area contributed by atoms with E-state index in [1.54, 1.807) is 6.92 Å². The van der Waals surface area contributed by atoms with Gasteiger partial charge in [0.1, 0.15) is 0 Å². The molecule has 3 rings (SSSR count). The number of halogens is 3. The Morgan fingerprint density at radius 3 is 2.29 bits per heavy atom. The summed E-state index contributed by atoms with van der Waals surface area (Å²) in [5.74, 6) is -0.0126. The number of piperidine rings is 1. The minimum Gasteiger partial charge on any atom is -0.425 e. The SMILES string of the molecule is Cc1nnc(C2(C3CCN(C(=O)C(C)(O)C(F)(F)F)CC3)CC2)o1. The largest absolute Gasteiger partial charge is 0.426 e. The first kappa shape index (κ1) is 17.2. The molecule has 134 valence electrons. The molecule has 0 spiro atoms. The number of carbonyl (C=O) groups excluding carboxylic acids is 1. The Morgan fingerprint density at radius 2 is 1.88 bits per heavy atom. The van der Waals surface area contributed by atoms with Gasteiger partial charge in [-0.2, -0.15) is 13.2 Å². The third kappa shape index (κ3) is 2.68. The third-order valence-corrected chi connectivity index (χ3v) is 5.27. The van der Waals surface area contributed by atoms with Crippen molar-refractivity contribution in [1.82, 2.24) is 15.1 Å². The summed E-state index contributed by atoms with van der Waals surface area (Å²) in [5, 5.41) is 17.5. The number of hydrogen-bond acceptors (Lipinski definition) is 5. The van der Waals surface area contributed by atoms with E-state index in [1.807, 2.05) is 0 Å². The standard InChI is InChI=1S/C15H20F3N3O3/c1-9-19-20-11(24-9)14(5-6-14)10-3-7-21(8-4-10)12(22)13(2,23)15(16,17)18/h10,23H,3-8H2,1-2H3. The number of aliphatic hydroxyl groups is 1. The lowest BCUT2D eigenvalue weighted by atomic mass is 9.81. The van der Waals surface area contributed by atoms with Crippen molar-refractivity contribution in [2.45, 2.75) is 56.7 Å². The Balaban J connectivity index is 1.66. The second kappa shape index (κ2) is 5.44. The number of carbonyl (C=O) groups is 1. The number of alkyl halides is 3. The zero-order valence-electron chi connectivity index (χ0n) is 13.6. The number of likely N-dealkylation sites (tertiary alicyclic amines) is 1. The normalized spacial score (nSPS) is 23.8. The molecule has 9 heteroatoms. The van der Waals surface area contributed by atoms with Gasteiger partial charge in [-0.1, -0.05) is 0 Å². The molecule has 0 radical (unpaired) electrons. The monoisotopic (exact) mass is 347 g/mol. The molecule has 2 fully saturated rings. The molecule has 6 nitrogen and oxygen atoms in total. The zero-order valence-corrected chi connectivity index (χ0v) is 13.6. The predicted octanol–water partition coefficient (Wildman–Crippen LogP) is 1.96. The van der Waals surface area contributed by atoms with Crippen molar-refractivity contribution in [1.29, 1.82) is 0 Å². The van der Waals surface area contributed by atoms with E-state index in [0.29, 0.717) is 31.5 Å². The van der Waals surface area contributed by atoms with E-state index in [9.17, 15) is 23.1 Å². The van der Waals surface area contributed by atoms with Crippen molar-refractivity contribution in [3.63, 3.8) is 0 Å². The molecule has 1 aromatic rings. The Bertz CT molecular complexity index is 629. The maximum atomic E-state index is 12.8. The average Bonchev–Trinajstić information content (AvgIpc) is 3.21. The summed E-state index contributed by atoms with van der Waals surface area (Å²) in [7, 11) is 0. The van der Waals surface area contributed by atoms with Gasteiger partial charge in [0.25, 0.3) is 5.91 Å². The van der Waals surface area contributed by atoms with Crippen LogP contribution in [0.5, 0.6) is 0 Å². The van der Waals surface area contributed by atoms with E-state index in [0.717, 1.165) is 17.7 Å². The van der Waals surface area contributed by atoms with Crippen LogP contribution in [0.1, 0.15) is 44.4 Å². The highest BCUT2D eigenvalue weighted by Crippen LogP contribution is 2.56. The minimum absolute atomic E-state index is 0.185. The quantitative estimate of drug-likeness (QED) is 0.904. The maximum absolute atomic E-state index is 12.8. The Morgan fingerprint density at radius 1 is 1.29 bits per heavy atom. The van der Waals surface area contributed by atoms with Crippen LogP contribution in [0.3, 0.4) is 0 Å². The predicted molar refractivity (Wildman–Crippen MR) is 75.9 cm³/mol. The van der Waals surface area contributed by atoms with E-state index in [4.69, 9.17) is 4.42 Å². The molecule has 1 saturated carbocycles. The lowest BCUT2D eigenvalue weighted by Gasteiger charge is -2.38. The molecule has 1 aliphatic carbocycles. The molecule has 0 aromatic carbocycles. The van der Waals surface area contributed by atoms with Gasteiger partial charge in [-0.05, 0) is 38.5 Å². The Kier molecular flexibility index (Phi) is 3.89. The summed E-state index contributed by atoms with van der Waals surface area (Å²) in [5.41, 5.74) is -3.54. The van der Waals surface area contributed by atoms with Gasteiger partial charge >= 0.3 is 6.18 Å². The van der Waals surface area contributed by atoms with Crippen LogP contribution < -0.4 is 0 Å². The highest BCUT2D eigenvalue weighted by atomic mass is 19.4. The maximum Gasteiger partial charge on any atom is 0.426 e. The number of amides is 1. The topological polar surface area (TPSA) is 79.5 Å². The molecule has 1 N–H and O–H groups in total. The summed E-state index contributed by atoms with van der Waals surface area (Å²) in [6.07, 6.45) is -2.05. The minimum atomic E-state index is -4.99. The van der Waals surface area contributed by atoms with E-state index in [-0.39, 0.29) is 24.4 Å². The van der Waals surface area contributed by atoms with Gasteiger partial charge in [0, 0.05) is 20.0 Å². The Labute approximate surface area is 137 Å². The van der Waals surface area contributed by atoms with Crippen LogP contribution in [0.4, 0.5) is 13.2 Å². The second-order valence-corrected chi connectivity index (χ2v) is 6.92. The summed E-state index contributed by atoms with van der Waals surface area (Å²) in [6, 6.07) is 0. The van der Waals surface area contributed by atoms with E-state index >= 15 is 0 Å². The van der Waals surface area contributed by atoms with Crippen LogP contribution in [0.25, 0.3) is 0 Å². The van der Waals surface area contributed by atoms with Crippen LogP contribution in [0.15, 0.2) is 4.42 Å². The lowest BCUT2D eigenvalue weighted by molar-refractivity contribution is -0.250. The van der Waals surface area contributed by atoms with Crippen LogP contribution in [0.2, 0.25) is 0 Å². The van der Waals surface area contributed by atoms with Crippen molar-refractivity contribution in [3.05, 3.63) is 11.8 Å². The molecule has 0 bridgehead atoms. The number of aromatic nitrogens is 2. The van der Waals surface area contributed by atoms with Crippen molar-refractivity contribution in [2.24, 2.45) is 5.92 Å². The molecular weight excluding hydrogens is 327 g/mol. The molecule has 24 heavy (non-hydrogen) atoms. The molecule has 1 aromatic heterocycles. The molecule has 1 saturated heterocycles. The lowest BCUT2D eigenvalue weighted by Crippen LogP contribution is -2.57. The van der Waals surface area contributed by atoms with Crippen LogP contribution in [-0.2, 0) is 10.2 Å². The van der Waals surface area contributed by atoms with Gasteiger partial charge in [-0.3, -0.25) is 4.79 Å². The summed E-state index contributed by atoms with van der Waals surface area (Å²) < 4.78 is 44.0. The van der Waals surface area contributed by atoms with Gasteiger partial charge in [0.05, 0.1) is 5.41 Å². The van der Waals surface area contributed by atoms with Crippen molar-refractivity contribution in [2.75, 3.05) is 13.1 Å². The van der Waals surface area contributed by atoms with E-state index in [1.165, 1.54) is 0 Å². The fourth-order valence-corrected chi connectivity index (χ4v) is 3.49. The number of aryl methyl sites for hydroxylation is 1. The molecule has 2 heterocycles. The van der Waals surface area contributed by atoms with Crippen LogP contribution in [0, 0.1) is 12.8 Å². The smallest absolute Gasteiger partial charge is 0.425 e. The third-order valence-electron chi connectivity index (χ3n) is 5.27.